The molecular formula is C14H19FN2O2. The predicted molar refractivity (Wildman–Crippen MR) is 70.0 cm³/mol. The molecule has 0 spiro atoms. The number of nitrogens with one attached hydrogen (secondary N) is 1. The molecular weight excluding hydrogens is 247 g/mol. The molecule has 19 heavy (non-hydrogen) atoms. The summed E-state index contributed by atoms with van der Waals surface area (Å²) in [6.45, 7) is 1.85. The number of carbonyl (C=O) groups is 1. The molecule has 2 rings (SSSR count). The van der Waals surface area contributed by atoms with Crippen molar-refractivity contribution >= 4 is 6.03 Å². The third-order valence-electron chi connectivity index (χ3n) is 3.42. The van der Waals surface area contributed by atoms with Crippen LogP contribution >= 0.6 is 0 Å². The molecule has 1 saturated heterocycles. The molecule has 2 amide bonds. The predicted octanol–water partition coefficient (Wildman–Crippen LogP) is 1.74. The molecule has 1 aliphatic rings. The van der Waals surface area contributed by atoms with Crippen LogP contribution in [0, 0.1) is 11.7 Å². The average Bonchev–Trinajstić information content (AvgIpc) is 2.46. The first-order valence-electron chi connectivity index (χ1n) is 6.57. The number of hydrogen-bond acceptors (Lipinski definition) is 2. The van der Waals surface area contributed by atoms with Gasteiger partial charge in [-0.05, 0) is 36.5 Å². The van der Waals surface area contributed by atoms with Crippen LogP contribution in [-0.2, 0) is 6.54 Å². The number of piperidine rings is 1. The van der Waals surface area contributed by atoms with Gasteiger partial charge in [-0.2, -0.15) is 0 Å². The quantitative estimate of drug-likeness (QED) is 0.875. The maximum atomic E-state index is 12.7. The zero-order valence-corrected chi connectivity index (χ0v) is 10.8. The standard InChI is InChI=1S/C14H19FN2O2/c15-13-5-3-11(4-6-13)8-16-14(19)17-7-1-2-12(9-17)10-18/h3-6,12,18H,1-2,7-10H2,(H,16,19). The van der Waals surface area contributed by atoms with Gasteiger partial charge in [-0.3, -0.25) is 0 Å². The van der Waals surface area contributed by atoms with Crippen molar-refractivity contribution < 1.29 is 14.3 Å². The minimum atomic E-state index is -0.281. The Hall–Kier alpha value is -1.62. The minimum absolute atomic E-state index is 0.123. The summed E-state index contributed by atoms with van der Waals surface area (Å²) in [6, 6.07) is 5.95. The van der Waals surface area contributed by atoms with Crippen molar-refractivity contribution in [2.75, 3.05) is 19.7 Å². The molecule has 1 fully saturated rings. The molecule has 0 saturated carbocycles. The Bertz CT molecular complexity index is 422. The summed E-state index contributed by atoms with van der Waals surface area (Å²) in [5.74, 6) is -0.0952. The second-order valence-corrected chi connectivity index (χ2v) is 4.92. The van der Waals surface area contributed by atoms with E-state index < -0.39 is 0 Å². The lowest BCUT2D eigenvalue weighted by Crippen LogP contribution is -2.45. The molecule has 2 N–H and O–H groups in total. The van der Waals surface area contributed by atoms with E-state index >= 15 is 0 Å². The Balaban J connectivity index is 1.82. The fourth-order valence-corrected chi connectivity index (χ4v) is 2.29. The summed E-state index contributed by atoms with van der Waals surface area (Å²) in [5, 5.41) is 11.9. The molecule has 0 bridgehead atoms. The lowest BCUT2D eigenvalue weighted by atomic mass is 9.99. The van der Waals surface area contributed by atoms with Gasteiger partial charge in [-0.1, -0.05) is 12.1 Å². The van der Waals surface area contributed by atoms with Crippen LogP contribution in [-0.4, -0.2) is 35.7 Å². The number of carbonyl (C=O) groups excluding carboxylic acids is 1. The minimum Gasteiger partial charge on any atom is -0.396 e. The number of urea groups is 1. The van der Waals surface area contributed by atoms with Crippen LogP contribution in [0.2, 0.25) is 0 Å². The van der Waals surface area contributed by atoms with Gasteiger partial charge in [0.15, 0.2) is 0 Å². The monoisotopic (exact) mass is 266 g/mol. The maximum absolute atomic E-state index is 12.7. The number of aliphatic hydroxyl groups excluding tert-OH is 1. The van der Waals surface area contributed by atoms with Gasteiger partial charge < -0.3 is 15.3 Å². The van der Waals surface area contributed by atoms with E-state index in [9.17, 15) is 9.18 Å². The zero-order chi connectivity index (χ0) is 13.7. The molecule has 104 valence electrons. The van der Waals surface area contributed by atoms with Crippen molar-refractivity contribution in [3.63, 3.8) is 0 Å². The van der Waals surface area contributed by atoms with E-state index in [0.717, 1.165) is 24.9 Å². The van der Waals surface area contributed by atoms with Gasteiger partial charge in [-0.25, -0.2) is 9.18 Å². The molecule has 1 aliphatic heterocycles. The van der Waals surface area contributed by atoms with Gasteiger partial charge in [0, 0.05) is 26.2 Å². The lowest BCUT2D eigenvalue weighted by molar-refractivity contribution is 0.129. The first-order chi connectivity index (χ1) is 9.19. The Kier molecular flexibility index (Phi) is 4.74. The topological polar surface area (TPSA) is 52.6 Å². The van der Waals surface area contributed by atoms with Gasteiger partial charge in [0.2, 0.25) is 0 Å². The molecule has 1 aromatic carbocycles. The average molecular weight is 266 g/mol. The highest BCUT2D eigenvalue weighted by molar-refractivity contribution is 5.74. The van der Waals surface area contributed by atoms with Crippen LogP contribution in [0.15, 0.2) is 24.3 Å². The largest absolute Gasteiger partial charge is 0.396 e. The van der Waals surface area contributed by atoms with Crippen LogP contribution in [0.5, 0.6) is 0 Å². The van der Waals surface area contributed by atoms with Crippen LogP contribution < -0.4 is 5.32 Å². The van der Waals surface area contributed by atoms with E-state index in [1.165, 1.54) is 12.1 Å². The van der Waals surface area contributed by atoms with Gasteiger partial charge in [0.05, 0.1) is 0 Å². The van der Waals surface area contributed by atoms with Crippen molar-refractivity contribution in [2.24, 2.45) is 5.92 Å². The fourth-order valence-electron chi connectivity index (χ4n) is 2.29. The van der Waals surface area contributed by atoms with E-state index in [1.54, 1.807) is 17.0 Å². The molecule has 1 aromatic rings. The van der Waals surface area contributed by atoms with E-state index in [4.69, 9.17) is 5.11 Å². The highest BCUT2D eigenvalue weighted by Gasteiger charge is 2.22. The number of halogens is 1. The Morgan fingerprint density at radius 1 is 1.42 bits per heavy atom. The van der Waals surface area contributed by atoms with Crippen LogP contribution in [0.3, 0.4) is 0 Å². The van der Waals surface area contributed by atoms with Crippen LogP contribution in [0.25, 0.3) is 0 Å². The van der Waals surface area contributed by atoms with E-state index in [2.05, 4.69) is 5.32 Å². The van der Waals surface area contributed by atoms with Crippen LogP contribution in [0.4, 0.5) is 9.18 Å². The maximum Gasteiger partial charge on any atom is 0.317 e. The molecule has 1 atom stereocenters. The summed E-state index contributed by atoms with van der Waals surface area (Å²) in [7, 11) is 0. The summed E-state index contributed by atoms with van der Waals surface area (Å²) in [5.41, 5.74) is 0.866. The van der Waals surface area contributed by atoms with Gasteiger partial charge in [0.1, 0.15) is 5.82 Å². The van der Waals surface area contributed by atoms with Crippen molar-refractivity contribution in [3.05, 3.63) is 35.6 Å². The van der Waals surface area contributed by atoms with Crippen LogP contribution in [0.1, 0.15) is 18.4 Å². The van der Waals surface area contributed by atoms with E-state index in [1.807, 2.05) is 0 Å². The Morgan fingerprint density at radius 2 is 2.16 bits per heavy atom. The molecule has 0 aromatic heterocycles. The third kappa shape index (κ3) is 3.92. The van der Waals surface area contributed by atoms with Crippen molar-refractivity contribution in [1.82, 2.24) is 10.2 Å². The fraction of sp³-hybridized carbons (Fsp3) is 0.500. The molecule has 0 radical (unpaired) electrons. The SMILES string of the molecule is O=C(NCc1ccc(F)cc1)N1CCCC(CO)C1. The first-order valence-corrected chi connectivity index (χ1v) is 6.57. The first kappa shape index (κ1) is 13.8. The summed E-state index contributed by atoms with van der Waals surface area (Å²) in [6.07, 6.45) is 1.90. The second-order valence-electron chi connectivity index (χ2n) is 4.92. The third-order valence-corrected chi connectivity index (χ3v) is 3.42. The van der Waals surface area contributed by atoms with Gasteiger partial charge >= 0.3 is 6.03 Å². The molecule has 1 heterocycles. The highest BCUT2D eigenvalue weighted by Crippen LogP contribution is 2.15. The Morgan fingerprint density at radius 3 is 2.84 bits per heavy atom. The number of aliphatic hydroxyl groups is 1. The summed E-state index contributed by atoms with van der Waals surface area (Å²) >= 11 is 0. The van der Waals surface area contributed by atoms with Crippen molar-refractivity contribution in [3.8, 4) is 0 Å². The van der Waals surface area contributed by atoms with Gasteiger partial charge in [0.25, 0.3) is 0 Å². The normalized spacial score (nSPS) is 19.3. The number of likely N-dealkylation sites (tertiary alicyclic amines) is 1. The number of rotatable bonds is 3. The number of nitrogens with zero attached hydrogens (tertiary/aromatic N) is 1. The van der Waals surface area contributed by atoms with Crippen molar-refractivity contribution in [1.29, 1.82) is 0 Å². The lowest BCUT2D eigenvalue weighted by Gasteiger charge is -2.31. The van der Waals surface area contributed by atoms with E-state index in [0.29, 0.717) is 13.1 Å². The number of benzene rings is 1. The molecule has 1 unspecified atom stereocenters. The highest BCUT2D eigenvalue weighted by atomic mass is 19.1. The van der Waals surface area contributed by atoms with Crippen molar-refractivity contribution in [2.45, 2.75) is 19.4 Å². The molecule has 4 nitrogen and oxygen atoms in total. The summed E-state index contributed by atoms with van der Waals surface area (Å²) < 4.78 is 12.7. The zero-order valence-electron chi connectivity index (χ0n) is 10.8. The number of hydrogen-bond donors (Lipinski definition) is 2. The summed E-state index contributed by atoms with van der Waals surface area (Å²) in [4.78, 5) is 13.7. The number of amides is 2. The molecule has 0 aliphatic carbocycles. The Labute approximate surface area is 112 Å². The van der Waals surface area contributed by atoms with E-state index in [-0.39, 0.29) is 24.4 Å². The molecule has 5 heteroatoms. The second kappa shape index (κ2) is 6.52. The van der Waals surface area contributed by atoms with Gasteiger partial charge in [-0.15, -0.1) is 0 Å². The smallest absolute Gasteiger partial charge is 0.317 e.